The number of carbonyl (C=O) groups is 1. The molecule has 0 unspecified atom stereocenters. The van der Waals surface area contributed by atoms with Gasteiger partial charge in [0.25, 0.3) is 0 Å². The van der Waals surface area contributed by atoms with E-state index in [1.54, 1.807) is 22.7 Å². The molecule has 1 radical (unpaired) electrons. The van der Waals surface area contributed by atoms with Crippen LogP contribution >= 0.6 is 0 Å². The molecule has 0 bridgehead atoms. The molecule has 0 spiro atoms. The van der Waals surface area contributed by atoms with E-state index in [4.69, 9.17) is 5.11 Å². The minimum absolute atomic E-state index is 0. The summed E-state index contributed by atoms with van der Waals surface area (Å²) in [5, 5.41) is 8.32. The first-order valence-electron chi connectivity index (χ1n) is 7.50. The number of carboxylic acid groups (broad SMARTS) is 1. The fourth-order valence-corrected chi connectivity index (χ4v) is 2.19. The Hall–Kier alpha value is -2.96. The van der Waals surface area contributed by atoms with E-state index in [0.717, 1.165) is 12.1 Å². The Morgan fingerprint density at radius 3 is 2.52 bits per heavy atom. The number of imidazole rings is 1. The van der Waals surface area contributed by atoms with E-state index in [0.29, 0.717) is 11.3 Å². The molecule has 1 N–H and O–H groups in total. The van der Waals surface area contributed by atoms with E-state index in [9.17, 15) is 13.6 Å². The van der Waals surface area contributed by atoms with Gasteiger partial charge in [-0.25, -0.2) is 9.78 Å². The third-order valence-electron chi connectivity index (χ3n) is 3.36. The fourth-order valence-electron chi connectivity index (χ4n) is 2.19. The predicted molar refractivity (Wildman–Crippen MR) is 90.6 cm³/mol. The van der Waals surface area contributed by atoms with Crippen LogP contribution in [0, 0.1) is 17.7 Å². The van der Waals surface area contributed by atoms with E-state index in [-0.39, 0.29) is 31.4 Å². The van der Waals surface area contributed by atoms with Crippen LogP contribution in [0.4, 0.5) is 8.78 Å². The molecule has 4 aromatic rings. The molecular weight excluding hydrogens is 532 g/mol. The van der Waals surface area contributed by atoms with Crippen molar-refractivity contribution in [2.45, 2.75) is 0 Å². The van der Waals surface area contributed by atoms with Gasteiger partial charge < -0.3 is 9.51 Å². The molecule has 0 fully saturated rings. The van der Waals surface area contributed by atoms with E-state index in [2.05, 4.69) is 16.0 Å². The third kappa shape index (κ3) is 5.03. The number of rotatable bonds is 2. The van der Waals surface area contributed by atoms with Gasteiger partial charge >= 0.3 is 5.97 Å². The number of hydrogen-bond acceptors (Lipinski definition) is 3. The van der Waals surface area contributed by atoms with Gasteiger partial charge in [0.2, 0.25) is 0 Å². The number of halogens is 2. The van der Waals surface area contributed by atoms with Crippen LogP contribution < -0.4 is 0 Å². The van der Waals surface area contributed by atoms with Crippen LogP contribution in [0.5, 0.6) is 0 Å². The maximum Gasteiger partial charge on any atom is 0.354 e. The van der Waals surface area contributed by atoms with Crippen LogP contribution in [0.1, 0.15) is 10.5 Å². The van der Waals surface area contributed by atoms with Crippen molar-refractivity contribution < 1.29 is 38.8 Å². The quantitative estimate of drug-likeness (QED) is 0.390. The number of carboxylic acids is 1. The molecule has 0 amide bonds. The summed E-state index contributed by atoms with van der Waals surface area (Å²) in [6.07, 6.45) is 4.94. The van der Waals surface area contributed by atoms with E-state index in [1.165, 1.54) is 12.3 Å². The molecule has 3 heterocycles. The number of pyridine rings is 2. The smallest absolute Gasteiger partial charge is 0.354 e. The van der Waals surface area contributed by atoms with E-state index in [1.807, 2.05) is 24.4 Å². The SMILES string of the molecule is Fc1c[c-]c(-c2cn3ccccc3n2)c(F)c1.O=C(O)c1ccccn1.[Ir]. The van der Waals surface area contributed by atoms with Crippen LogP contribution in [-0.4, -0.2) is 25.4 Å². The number of hydrogen-bond donors (Lipinski definition) is 1. The minimum atomic E-state index is -0.990. The van der Waals surface area contributed by atoms with Crippen molar-refractivity contribution in [1.82, 2.24) is 14.4 Å². The van der Waals surface area contributed by atoms with Crippen molar-refractivity contribution in [3.63, 3.8) is 0 Å². The molecule has 1 aromatic carbocycles. The first-order valence-corrected chi connectivity index (χ1v) is 7.50. The van der Waals surface area contributed by atoms with Crippen molar-refractivity contribution in [2.75, 3.05) is 0 Å². The summed E-state index contributed by atoms with van der Waals surface area (Å²) in [6.45, 7) is 0. The molecule has 0 aliphatic carbocycles. The molecular formula is C19H12F2IrN3O2-. The van der Waals surface area contributed by atoms with Gasteiger partial charge in [0.05, 0.1) is 0 Å². The molecule has 0 saturated heterocycles. The topological polar surface area (TPSA) is 67.5 Å². The summed E-state index contributed by atoms with van der Waals surface area (Å²) < 4.78 is 28.1. The number of aromatic nitrogens is 3. The van der Waals surface area contributed by atoms with Gasteiger partial charge in [0.1, 0.15) is 11.3 Å². The Kier molecular flexibility index (Phi) is 6.87. The van der Waals surface area contributed by atoms with Gasteiger partial charge in [0.15, 0.2) is 0 Å². The van der Waals surface area contributed by atoms with Crippen molar-refractivity contribution in [3.8, 4) is 11.3 Å². The number of nitrogens with zero attached hydrogens (tertiary/aromatic N) is 3. The van der Waals surface area contributed by atoms with E-state index >= 15 is 0 Å². The Balaban J connectivity index is 0.000000224. The molecule has 139 valence electrons. The average molecular weight is 545 g/mol. The van der Waals surface area contributed by atoms with Gasteiger partial charge in [-0.2, -0.15) is 0 Å². The average Bonchev–Trinajstić information content (AvgIpc) is 3.06. The minimum Gasteiger partial charge on any atom is -0.477 e. The van der Waals surface area contributed by atoms with Gasteiger partial charge in [-0.15, -0.1) is 12.1 Å². The molecule has 5 nitrogen and oxygen atoms in total. The first kappa shape index (κ1) is 20.4. The van der Waals surface area contributed by atoms with Crippen molar-refractivity contribution in [1.29, 1.82) is 0 Å². The molecule has 0 atom stereocenters. The molecule has 27 heavy (non-hydrogen) atoms. The Morgan fingerprint density at radius 1 is 1.15 bits per heavy atom. The third-order valence-corrected chi connectivity index (χ3v) is 3.36. The Bertz CT molecular complexity index is 1020. The molecule has 4 rings (SSSR count). The van der Waals surface area contributed by atoms with Gasteiger partial charge in [-0.3, -0.25) is 13.8 Å². The Labute approximate surface area is 166 Å². The fraction of sp³-hybridized carbons (Fsp3) is 0. The van der Waals surface area contributed by atoms with Crippen LogP contribution in [0.2, 0.25) is 0 Å². The molecule has 0 aliphatic rings. The van der Waals surface area contributed by atoms with Crippen LogP contribution in [0.3, 0.4) is 0 Å². The van der Waals surface area contributed by atoms with Gasteiger partial charge in [-0.05, 0) is 30.5 Å². The molecule has 0 saturated carbocycles. The van der Waals surface area contributed by atoms with Crippen LogP contribution in [0.25, 0.3) is 16.9 Å². The van der Waals surface area contributed by atoms with Crippen LogP contribution in [0.15, 0.2) is 67.1 Å². The second kappa shape index (κ2) is 9.11. The Morgan fingerprint density at radius 2 is 1.93 bits per heavy atom. The number of fused-ring (bicyclic) bond motifs is 1. The van der Waals surface area contributed by atoms with Crippen LogP contribution in [-0.2, 0) is 20.1 Å². The maximum atomic E-state index is 13.5. The zero-order chi connectivity index (χ0) is 18.5. The first-order chi connectivity index (χ1) is 12.5. The summed E-state index contributed by atoms with van der Waals surface area (Å²) in [5.41, 5.74) is 1.40. The van der Waals surface area contributed by atoms with Crippen molar-refractivity contribution in [2.24, 2.45) is 0 Å². The molecule has 8 heteroatoms. The normalized spacial score (nSPS) is 9.85. The maximum absolute atomic E-state index is 13.5. The zero-order valence-corrected chi connectivity index (χ0v) is 16.0. The summed E-state index contributed by atoms with van der Waals surface area (Å²) in [4.78, 5) is 18.0. The van der Waals surface area contributed by atoms with Gasteiger partial charge in [0, 0.05) is 49.8 Å². The number of aromatic carboxylic acids is 1. The summed E-state index contributed by atoms with van der Waals surface area (Å²) in [7, 11) is 0. The second-order valence-corrected chi connectivity index (χ2v) is 5.15. The van der Waals surface area contributed by atoms with Crippen molar-refractivity contribution >= 4 is 11.6 Å². The monoisotopic (exact) mass is 545 g/mol. The van der Waals surface area contributed by atoms with Gasteiger partial charge in [-0.1, -0.05) is 23.8 Å². The molecule has 0 aliphatic heterocycles. The number of benzene rings is 1. The zero-order valence-electron chi connectivity index (χ0n) is 13.6. The largest absolute Gasteiger partial charge is 0.477 e. The summed E-state index contributed by atoms with van der Waals surface area (Å²) in [6, 6.07) is 14.7. The standard InChI is InChI=1S/C13H7F2N2.C6H5NO2.Ir/c14-9-4-5-10(11(15)7-9)12-8-17-6-2-1-3-13(17)16-12;8-6(9)5-3-1-2-4-7-5;/h1-4,6-8H;1-4H,(H,8,9);/q-1;;. The summed E-state index contributed by atoms with van der Waals surface area (Å²) in [5.74, 6) is -2.29. The second-order valence-electron chi connectivity index (χ2n) is 5.15. The molecule has 3 aromatic heterocycles. The van der Waals surface area contributed by atoms with E-state index < -0.39 is 17.6 Å². The van der Waals surface area contributed by atoms with Crippen molar-refractivity contribution in [3.05, 3.63) is 90.5 Å². The summed E-state index contributed by atoms with van der Waals surface area (Å²) >= 11 is 0. The predicted octanol–water partition coefficient (Wildman–Crippen LogP) is 3.86.